The maximum Gasteiger partial charge on any atom is 0.252 e. The van der Waals surface area contributed by atoms with Gasteiger partial charge in [0.05, 0.1) is 0 Å². The second-order valence-corrected chi connectivity index (χ2v) is 21.5. The van der Waals surface area contributed by atoms with Crippen molar-refractivity contribution in [1.82, 2.24) is 0 Å². The van der Waals surface area contributed by atoms with Crippen LogP contribution in [0.2, 0.25) is 0 Å². The second kappa shape index (κ2) is 17.6. The van der Waals surface area contributed by atoms with Crippen molar-refractivity contribution < 1.29 is 0 Å². The summed E-state index contributed by atoms with van der Waals surface area (Å²) >= 11 is 3.67. The van der Waals surface area contributed by atoms with Crippen LogP contribution in [0, 0.1) is 0 Å². The van der Waals surface area contributed by atoms with E-state index in [1.807, 2.05) is 23.5 Å². The van der Waals surface area contributed by atoms with Crippen molar-refractivity contribution in [2.45, 2.75) is 19.6 Å². The zero-order valence-electron chi connectivity index (χ0n) is 40.2. The first kappa shape index (κ1) is 43.1. The van der Waals surface area contributed by atoms with Crippen molar-refractivity contribution in [1.29, 1.82) is 0 Å². The van der Waals surface area contributed by atoms with Gasteiger partial charge in [-0.15, -0.1) is 0 Å². The van der Waals surface area contributed by atoms with E-state index in [2.05, 4.69) is 287 Å². The van der Waals surface area contributed by atoms with E-state index in [1.54, 1.807) is 0 Å². The van der Waals surface area contributed by atoms with E-state index < -0.39 is 0 Å². The highest BCUT2D eigenvalue weighted by Gasteiger charge is 2.45. The standard InChI is InChI=1S/C66H44B2N4S2/c1-5-22-45(23-6-1)69-57-36-17-13-32-53(57)67-54-33-14-18-37-58(54)70(46-24-7-2-8-25-46)62-42-51(41-61(69)65(62)67)73-49-30-21-31-50(40-49)74-52-43-63-66-64(44-52)72(48-28-11-4-12-29-48)60-39-20-16-35-56(60)68(66)55-34-15-19-38-59(55)71(63)47-26-9-3-10-27-47/h1-44H. The quantitative estimate of drug-likeness (QED) is 0.140. The molecule has 0 spiro atoms. The Morgan fingerprint density at radius 1 is 0.216 bits per heavy atom. The molecule has 0 saturated heterocycles. The number of anilines is 12. The molecule has 4 heterocycles. The molecule has 11 aromatic carbocycles. The van der Waals surface area contributed by atoms with E-state index >= 15 is 0 Å². The van der Waals surface area contributed by atoms with E-state index in [1.165, 1.54) is 97.9 Å². The highest BCUT2D eigenvalue weighted by Crippen LogP contribution is 2.49. The number of benzene rings is 11. The lowest BCUT2D eigenvalue weighted by Gasteiger charge is -2.44. The summed E-state index contributed by atoms with van der Waals surface area (Å²) in [7, 11) is 0. The first-order valence-corrected chi connectivity index (χ1v) is 26.9. The van der Waals surface area contributed by atoms with Crippen LogP contribution in [-0.4, -0.2) is 13.4 Å². The largest absolute Gasteiger partial charge is 0.311 e. The molecule has 0 unspecified atom stereocenters. The third-order valence-electron chi connectivity index (χ3n) is 15.0. The molecule has 0 fully saturated rings. The Bertz CT molecular complexity index is 3490. The molecule has 4 nitrogen and oxygen atoms in total. The minimum Gasteiger partial charge on any atom is -0.311 e. The average Bonchev–Trinajstić information content (AvgIpc) is 3.47. The van der Waals surface area contributed by atoms with Gasteiger partial charge in [-0.05, 0) is 148 Å². The van der Waals surface area contributed by atoms with Crippen LogP contribution < -0.4 is 52.4 Å². The molecule has 8 heteroatoms. The van der Waals surface area contributed by atoms with Gasteiger partial charge in [0.1, 0.15) is 0 Å². The summed E-state index contributed by atoms with van der Waals surface area (Å²) < 4.78 is 0. The maximum absolute atomic E-state index is 2.49. The third kappa shape index (κ3) is 6.89. The SMILES string of the molecule is c1ccc(N2c3ccccc3B3c4ccccc4N(c4ccccc4)c4cc(Sc5cccc(Sc6cc7c8c(c6)N(c6ccccc6)c6ccccc6B8c6ccccc6N7c6ccccc6)c5)cc2c43)cc1. The summed E-state index contributed by atoms with van der Waals surface area (Å²) in [6.07, 6.45) is 0. The van der Waals surface area contributed by atoms with Gasteiger partial charge in [0.25, 0.3) is 13.4 Å². The van der Waals surface area contributed by atoms with Gasteiger partial charge in [0.15, 0.2) is 0 Å². The van der Waals surface area contributed by atoms with Crippen molar-refractivity contribution in [3.05, 3.63) is 267 Å². The minimum atomic E-state index is 0.0702. The summed E-state index contributed by atoms with van der Waals surface area (Å²) in [5.41, 5.74) is 22.1. The van der Waals surface area contributed by atoms with E-state index in [0.717, 1.165) is 22.7 Å². The van der Waals surface area contributed by atoms with Crippen LogP contribution in [0.5, 0.6) is 0 Å². The molecule has 74 heavy (non-hydrogen) atoms. The van der Waals surface area contributed by atoms with Gasteiger partial charge in [0, 0.05) is 87.8 Å². The molecule has 0 saturated carbocycles. The van der Waals surface area contributed by atoms with Crippen molar-refractivity contribution in [3.8, 4) is 0 Å². The van der Waals surface area contributed by atoms with Crippen LogP contribution in [-0.2, 0) is 0 Å². The fourth-order valence-electron chi connectivity index (χ4n) is 12.2. The zero-order chi connectivity index (χ0) is 48.7. The molecule has 15 rings (SSSR count). The van der Waals surface area contributed by atoms with Gasteiger partial charge in [-0.1, -0.05) is 175 Å². The Morgan fingerprint density at radius 2 is 0.473 bits per heavy atom. The van der Waals surface area contributed by atoms with Crippen LogP contribution in [0.4, 0.5) is 68.2 Å². The first-order valence-electron chi connectivity index (χ1n) is 25.3. The molecule has 0 aromatic heterocycles. The van der Waals surface area contributed by atoms with Crippen LogP contribution in [0.3, 0.4) is 0 Å². The topological polar surface area (TPSA) is 13.0 Å². The predicted octanol–water partition coefficient (Wildman–Crippen LogP) is 14.2. The fraction of sp³-hybridized carbons (Fsp3) is 0. The van der Waals surface area contributed by atoms with Gasteiger partial charge in [-0.3, -0.25) is 0 Å². The third-order valence-corrected chi connectivity index (χ3v) is 17.0. The number of rotatable bonds is 8. The van der Waals surface area contributed by atoms with Crippen LogP contribution >= 0.6 is 23.5 Å². The second-order valence-electron chi connectivity index (χ2n) is 19.2. The van der Waals surface area contributed by atoms with Crippen molar-refractivity contribution in [3.63, 3.8) is 0 Å². The normalized spacial score (nSPS) is 13.4. The van der Waals surface area contributed by atoms with Crippen LogP contribution in [0.25, 0.3) is 0 Å². The summed E-state index contributed by atoms with van der Waals surface area (Å²) in [6, 6.07) is 98.4. The zero-order valence-corrected chi connectivity index (χ0v) is 41.8. The maximum atomic E-state index is 2.49. The first-order chi connectivity index (χ1) is 36.7. The van der Waals surface area contributed by atoms with Crippen molar-refractivity contribution in [2.24, 2.45) is 0 Å². The Balaban J connectivity index is 0.875. The Kier molecular flexibility index (Phi) is 10.2. The van der Waals surface area contributed by atoms with Gasteiger partial charge < -0.3 is 19.6 Å². The highest BCUT2D eigenvalue weighted by molar-refractivity contribution is 8.00. The van der Waals surface area contributed by atoms with Crippen molar-refractivity contribution >= 4 is 138 Å². The molecule has 0 bridgehead atoms. The molecular weight excluding hydrogens is 935 g/mol. The molecular formula is C66H44B2N4S2. The lowest BCUT2D eigenvalue weighted by Crippen LogP contribution is -2.61. The number of hydrogen-bond acceptors (Lipinski definition) is 6. The number of fused-ring (bicyclic) bond motifs is 8. The molecule has 0 atom stereocenters. The Morgan fingerprint density at radius 3 is 0.757 bits per heavy atom. The number of hydrogen-bond donors (Lipinski definition) is 0. The molecule has 0 N–H and O–H groups in total. The van der Waals surface area contributed by atoms with E-state index in [4.69, 9.17) is 0 Å². The number of nitrogens with zero attached hydrogens (tertiary/aromatic N) is 4. The number of para-hydroxylation sites is 8. The van der Waals surface area contributed by atoms with Gasteiger partial charge >= 0.3 is 0 Å². The van der Waals surface area contributed by atoms with E-state index in [9.17, 15) is 0 Å². The monoisotopic (exact) mass is 978 g/mol. The molecule has 0 aliphatic carbocycles. The molecule has 346 valence electrons. The van der Waals surface area contributed by atoms with Gasteiger partial charge in [0.2, 0.25) is 0 Å². The lowest BCUT2D eigenvalue weighted by molar-refractivity contribution is 1.22. The van der Waals surface area contributed by atoms with Gasteiger partial charge in [-0.25, -0.2) is 0 Å². The molecule has 0 radical (unpaired) electrons. The summed E-state index contributed by atoms with van der Waals surface area (Å²) in [5, 5.41) is 0. The molecule has 0 amide bonds. The predicted molar refractivity (Wildman–Crippen MR) is 316 cm³/mol. The molecule has 11 aromatic rings. The van der Waals surface area contributed by atoms with Crippen LogP contribution in [0.1, 0.15) is 0 Å². The minimum absolute atomic E-state index is 0.0702. The van der Waals surface area contributed by atoms with E-state index in [-0.39, 0.29) is 13.4 Å². The lowest BCUT2D eigenvalue weighted by atomic mass is 9.33. The van der Waals surface area contributed by atoms with Crippen molar-refractivity contribution in [2.75, 3.05) is 19.6 Å². The Labute approximate surface area is 441 Å². The Hall–Kier alpha value is -8.55. The van der Waals surface area contributed by atoms with Gasteiger partial charge in [-0.2, -0.15) is 0 Å². The summed E-state index contributed by atoms with van der Waals surface area (Å²) in [6.45, 7) is 0.140. The van der Waals surface area contributed by atoms with E-state index in [0.29, 0.717) is 0 Å². The highest BCUT2D eigenvalue weighted by atomic mass is 32.2. The fourth-order valence-corrected chi connectivity index (χ4v) is 14.1. The average molecular weight is 979 g/mol. The summed E-state index contributed by atoms with van der Waals surface area (Å²) in [4.78, 5) is 14.7. The molecule has 4 aliphatic heterocycles. The molecule has 4 aliphatic rings. The summed E-state index contributed by atoms with van der Waals surface area (Å²) in [5.74, 6) is 0. The smallest absolute Gasteiger partial charge is 0.252 e. The van der Waals surface area contributed by atoms with Crippen LogP contribution in [0.15, 0.2) is 287 Å².